The molecule has 3 nitrogen and oxygen atoms in total. The fraction of sp³-hybridized carbons (Fsp3) is 0.286. The highest BCUT2D eigenvalue weighted by Crippen LogP contribution is 2.07. The van der Waals surface area contributed by atoms with E-state index in [1.54, 1.807) is 6.20 Å². The van der Waals surface area contributed by atoms with E-state index in [0.29, 0.717) is 6.61 Å². The molecule has 0 aliphatic heterocycles. The summed E-state index contributed by atoms with van der Waals surface area (Å²) in [6.07, 6.45) is 3.48. The predicted molar refractivity (Wildman–Crippen MR) is 71.2 cm³/mol. The van der Waals surface area contributed by atoms with E-state index >= 15 is 0 Å². The number of nitrogens with one attached hydrogen (secondary N) is 2. The first-order valence-electron chi connectivity index (χ1n) is 5.68. The van der Waals surface area contributed by atoms with Gasteiger partial charge in [0.25, 0.3) is 0 Å². The summed E-state index contributed by atoms with van der Waals surface area (Å²) in [6.45, 7) is 6.21. The molecule has 1 unspecified atom stereocenters. The Labute approximate surface area is 103 Å². The number of benzene rings is 1. The van der Waals surface area contributed by atoms with Gasteiger partial charge in [0.1, 0.15) is 0 Å². The molecular formula is C14H20N2O. The van der Waals surface area contributed by atoms with Crippen LogP contribution in [0.3, 0.4) is 0 Å². The Morgan fingerprint density at radius 2 is 2.12 bits per heavy atom. The third kappa shape index (κ3) is 4.74. The van der Waals surface area contributed by atoms with Crippen molar-refractivity contribution >= 4 is 0 Å². The zero-order chi connectivity index (χ0) is 12.5. The predicted octanol–water partition coefficient (Wildman–Crippen LogP) is 2.39. The minimum absolute atomic E-state index is 0.00709. The fourth-order valence-corrected chi connectivity index (χ4v) is 1.43. The van der Waals surface area contributed by atoms with Crippen molar-refractivity contribution in [3.05, 3.63) is 60.6 Å². The van der Waals surface area contributed by atoms with E-state index in [-0.39, 0.29) is 6.10 Å². The molecule has 0 saturated heterocycles. The average molecular weight is 232 g/mol. The summed E-state index contributed by atoms with van der Waals surface area (Å²) in [4.78, 5) is 0. The molecule has 1 aromatic carbocycles. The van der Waals surface area contributed by atoms with Gasteiger partial charge in [-0.15, -0.1) is 0 Å². The minimum Gasteiger partial charge on any atom is -0.388 e. The lowest BCUT2D eigenvalue weighted by Gasteiger charge is -2.16. The van der Waals surface area contributed by atoms with Crippen LogP contribution in [-0.2, 0) is 11.3 Å². The van der Waals surface area contributed by atoms with Crippen molar-refractivity contribution in [2.45, 2.75) is 19.6 Å². The molecule has 0 aliphatic carbocycles. The highest BCUT2D eigenvalue weighted by Gasteiger charge is 2.07. The van der Waals surface area contributed by atoms with Crippen molar-refractivity contribution in [3.8, 4) is 0 Å². The Kier molecular flexibility index (Phi) is 5.89. The first-order valence-corrected chi connectivity index (χ1v) is 5.68. The molecule has 0 aliphatic rings. The second kappa shape index (κ2) is 7.52. The summed E-state index contributed by atoms with van der Waals surface area (Å²) < 4.78 is 5.77. The van der Waals surface area contributed by atoms with Crippen molar-refractivity contribution in [1.29, 1.82) is 0 Å². The van der Waals surface area contributed by atoms with Crippen LogP contribution in [0.4, 0.5) is 0 Å². The third-order valence-corrected chi connectivity index (χ3v) is 2.43. The summed E-state index contributed by atoms with van der Waals surface area (Å²) >= 11 is 0. The minimum atomic E-state index is 0.00709. The summed E-state index contributed by atoms with van der Waals surface area (Å²) in [6, 6.07) is 10.1. The molecule has 0 spiro atoms. The fourth-order valence-electron chi connectivity index (χ4n) is 1.43. The lowest BCUT2D eigenvalue weighted by atomic mass is 10.2. The van der Waals surface area contributed by atoms with Crippen LogP contribution < -0.4 is 10.6 Å². The zero-order valence-electron chi connectivity index (χ0n) is 10.4. The van der Waals surface area contributed by atoms with Gasteiger partial charge in [-0.3, -0.25) is 0 Å². The summed E-state index contributed by atoms with van der Waals surface area (Å²) in [5, 5.41) is 6.04. The van der Waals surface area contributed by atoms with E-state index in [4.69, 9.17) is 4.74 Å². The molecule has 1 aromatic rings. The maximum absolute atomic E-state index is 5.77. The third-order valence-electron chi connectivity index (χ3n) is 2.43. The van der Waals surface area contributed by atoms with Crippen molar-refractivity contribution in [2.24, 2.45) is 0 Å². The molecule has 2 N–H and O–H groups in total. The number of rotatable bonds is 7. The molecule has 92 valence electrons. The van der Waals surface area contributed by atoms with Crippen LogP contribution in [-0.4, -0.2) is 13.2 Å². The molecule has 1 atom stereocenters. The van der Waals surface area contributed by atoms with Crippen molar-refractivity contribution in [3.63, 3.8) is 0 Å². The second-order valence-electron chi connectivity index (χ2n) is 3.66. The van der Waals surface area contributed by atoms with Crippen LogP contribution in [0.15, 0.2) is 55.0 Å². The summed E-state index contributed by atoms with van der Waals surface area (Å²) in [5.74, 6) is 0. The summed E-state index contributed by atoms with van der Waals surface area (Å²) in [7, 11) is 1.87. The SMILES string of the molecule is C=CN/C=C(\NC)C(C)OCc1ccccc1. The Balaban J connectivity index is 2.47. The Morgan fingerprint density at radius 3 is 2.71 bits per heavy atom. The van der Waals surface area contributed by atoms with Crippen LogP contribution in [0.2, 0.25) is 0 Å². The maximum Gasteiger partial charge on any atom is 0.0960 e. The molecule has 0 bridgehead atoms. The van der Waals surface area contributed by atoms with E-state index in [1.165, 1.54) is 5.56 Å². The second-order valence-corrected chi connectivity index (χ2v) is 3.66. The number of ether oxygens (including phenoxy) is 1. The van der Waals surface area contributed by atoms with Gasteiger partial charge in [-0.25, -0.2) is 0 Å². The summed E-state index contributed by atoms with van der Waals surface area (Å²) in [5.41, 5.74) is 2.16. The van der Waals surface area contributed by atoms with E-state index in [0.717, 1.165) is 5.70 Å². The normalized spacial score (nSPS) is 12.9. The smallest absolute Gasteiger partial charge is 0.0960 e. The van der Waals surface area contributed by atoms with Crippen LogP contribution in [0.25, 0.3) is 0 Å². The van der Waals surface area contributed by atoms with Crippen molar-refractivity contribution in [1.82, 2.24) is 10.6 Å². The Morgan fingerprint density at radius 1 is 1.41 bits per heavy atom. The van der Waals surface area contributed by atoms with Gasteiger partial charge in [0.2, 0.25) is 0 Å². The van der Waals surface area contributed by atoms with Gasteiger partial charge >= 0.3 is 0 Å². The molecule has 0 amide bonds. The standard InChI is InChI=1S/C14H20N2O/c1-4-16-10-14(15-3)12(2)17-11-13-8-6-5-7-9-13/h4-10,12,15-16H,1,11H2,2-3H3/b14-10-. The molecule has 0 heterocycles. The van der Waals surface area contributed by atoms with Crippen molar-refractivity contribution < 1.29 is 4.74 Å². The van der Waals surface area contributed by atoms with Gasteiger partial charge in [0, 0.05) is 13.2 Å². The lowest BCUT2D eigenvalue weighted by molar-refractivity contribution is 0.0726. The largest absolute Gasteiger partial charge is 0.388 e. The maximum atomic E-state index is 5.77. The van der Waals surface area contributed by atoms with Gasteiger partial charge in [0.05, 0.1) is 18.4 Å². The molecule has 0 fully saturated rings. The van der Waals surface area contributed by atoms with Crippen LogP contribution in [0.1, 0.15) is 12.5 Å². The van der Waals surface area contributed by atoms with E-state index in [2.05, 4.69) is 29.3 Å². The molecule has 3 heteroatoms. The highest BCUT2D eigenvalue weighted by atomic mass is 16.5. The topological polar surface area (TPSA) is 33.3 Å². The van der Waals surface area contributed by atoms with Gasteiger partial charge in [-0.05, 0) is 18.7 Å². The number of likely N-dealkylation sites (N-methyl/N-ethyl adjacent to an activating group) is 1. The van der Waals surface area contributed by atoms with Crippen molar-refractivity contribution in [2.75, 3.05) is 7.05 Å². The molecule has 0 radical (unpaired) electrons. The Hall–Kier alpha value is -1.74. The lowest BCUT2D eigenvalue weighted by Crippen LogP contribution is -2.23. The van der Waals surface area contributed by atoms with E-state index in [1.807, 2.05) is 38.4 Å². The first kappa shape index (κ1) is 13.3. The van der Waals surface area contributed by atoms with Crippen LogP contribution in [0, 0.1) is 0 Å². The van der Waals surface area contributed by atoms with Gasteiger partial charge in [-0.2, -0.15) is 0 Å². The molecular weight excluding hydrogens is 212 g/mol. The van der Waals surface area contributed by atoms with Gasteiger partial charge in [-0.1, -0.05) is 36.9 Å². The quantitative estimate of drug-likeness (QED) is 0.757. The first-order chi connectivity index (χ1) is 8.27. The van der Waals surface area contributed by atoms with E-state index < -0.39 is 0 Å². The van der Waals surface area contributed by atoms with Gasteiger partial charge < -0.3 is 15.4 Å². The van der Waals surface area contributed by atoms with Crippen LogP contribution in [0.5, 0.6) is 0 Å². The van der Waals surface area contributed by atoms with Gasteiger partial charge in [0.15, 0.2) is 0 Å². The average Bonchev–Trinajstić information content (AvgIpc) is 2.38. The molecule has 1 rings (SSSR count). The van der Waals surface area contributed by atoms with E-state index in [9.17, 15) is 0 Å². The molecule has 0 saturated carbocycles. The zero-order valence-corrected chi connectivity index (χ0v) is 10.4. The molecule has 0 aromatic heterocycles. The number of hydrogen-bond acceptors (Lipinski definition) is 3. The monoisotopic (exact) mass is 232 g/mol. The highest BCUT2D eigenvalue weighted by molar-refractivity contribution is 5.14. The Bertz CT molecular complexity index is 360. The van der Waals surface area contributed by atoms with Crippen LogP contribution >= 0.6 is 0 Å². The molecule has 17 heavy (non-hydrogen) atoms. The number of hydrogen-bond donors (Lipinski definition) is 2.